The maximum atomic E-state index is 15.8. The molecule has 3 saturated heterocycles. The van der Waals surface area contributed by atoms with E-state index in [2.05, 4.69) is 62.3 Å². The van der Waals surface area contributed by atoms with Crippen LogP contribution in [-0.2, 0) is 36.9 Å². The Morgan fingerprint density at radius 3 is 1.04 bits per heavy atom. The van der Waals surface area contributed by atoms with Gasteiger partial charge in [-0.3, -0.25) is 39.1 Å². The summed E-state index contributed by atoms with van der Waals surface area (Å²) in [5, 5.41) is 22.7. The van der Waals surface area contributed by atoms with E-state index in [1.807, 2.05) is 116 Å². The van der Waals surface area contributed by atoms with Gasteiger partial charge in [0.25, 0.3) is 5.92 Å². The summed E-state index contributed by atoms with van der Waals surface area (Å²) in [4.78, 5) is 38.9. The lowest BCUT2D eigenvalue weighted by molar-refractivity contribution is -0.119. The van der Waals surface area contributed by atoms with Crippen LogP contribution in [0, 0.1) is 58.4 Å². The van der Waals surface area contributed by atoms with Gasteiger partial charge >= 0.3 is 0 Å². The number of carbonyl (C=O) groups excluding carboxylic acids is 1. The topological polar surface area (TPSA) is 171 Å². The Morgan fingerprint density at radius 1 is 0.404 bits per heavy atom. The summed E-state index contributed by atoms with van der Waals surface area (Å²) in [5.41, 5.74) is 6.11. The maximum Gasteiger partial charge on any atom is 0.283 e. The van der Waals surface area contributed by atoms with Crippen molar-refractivity contribution in [3.05, 3.63) is 265 Å². The number of para-hydroxylation sites is 4. The number of carbonyl (C=O) groups is 1. The van der Waals surface area contributed by atoms with Gasteiger partial charge < -0.3 is 44.4 Å². The fourth-order valence-corrected chi connectivity index (χ4v) is 23.6. The first-order valence-corrected chi connectivity index (χ1v) is 52.5. The van der Waals surface area contributed by atoms with E-state index in [0.717, 1.165) is 187 Å². The standard InChI is InChI=1S/C31H38F4N2.C29H36F3N3O2.C28H33F4N3O2.C28H33F2N3O2/c1-4-5-8-19-11-20(12-19)13-21-14-25(33)28(26(34)15-21)30-29-24(23-9-6-7-10-27(23)36-29)16-22(17-32)37(30)18-31(2,3)35;1-4-5-10-34-14-20(15-34)37-19-12-23(30)26(24(31)13-19)28-27-22(21-8-6-7-9-25(21)33-27)11-18(2)35(28)16-29(3,32)17-36;1-3-4-9-34-13-19(14-34)37-18-11-22(29)25(23(30)12-18)27-26-21(20-7-5-6-8-24(20)33-26)10-17(2)35(27)15-28(31,32)16-36;1-4-5-10-32-15-20(16-32)35-19-12-23(29)26(24(30)13-19)28-27-22(11-17(2)33(28)14-18(3)34)21-8-6-7-9-25(21)31-27/h6-7,9-10,14-15,19-20,22,30,36H,4-5,8,11-13,16-18H2,1-3H3;6-9,12-13,18,20,28,33,36H,4-5,10-11,14-17H2,1-3H3;5-8,11-12,17,19,27,33,36H,3-4,9-10,13-16H2,1-2H3;6-9,12-13,17,20,28,31H,4-5,10-11,14-16H2,1-3H3/t19?,20?,22-,30+;18-,28-,29?;17-,27-;17-,28-/m0111/s1. The molecule has 6 N–H and O–H groups in total. The quantitative estimate of drug-likeness (QED) is 0.0208. The third-order valence-electron chi connectivity index (χ3n) is 30.9. The average Bonchev–Trinajstić information content (AvgIpc) is 1.55. The number of aliphatic hydroxyl groups is 2. The minimum atomic E-state index is -3.43. The predicted molar refractivity (Wildman–Crippen MR) is 547 cm³/mol. The second-order valence-corrected chi connectivity index (χ2v) is 43.2. The van der Waals surface area contributed by atoms with Gasteiger partial charge in [-0.2, -0.15) is 0 Å². The van der Waals surface area contributed by atoms with Crippen LogP contribution in [0.1, 0.15) is 244 Å². The first-order valence-electron chi connectivity index (χ1n) is 52.5. The molecule has 12 aromatic rings. The van der Waals surface area contributed by atoms with Gasteiger partial charge in [0.05, 0.1) is 43.9 Å². The monoisotopic (exact) mass is 2030 g/mol. The molecule has 1 unspecified atom stereocenters. The number of halogens is 13. The predicted octanol–water partition coefficient (Wildman–Crippen LogP) is 24.1. The molecule has 786 valence electrons. The molecular weight excluding hydrogens is 1890 g/mol. The fraction of sp³-hybridized carbons (Fsp3) is 0.509. The molecule has 30 heteroatoms. The van der Waals surface area contributed by atoms with Crippen molar-refractivity contribution in [3.8, 4) is 17.2 Å². The zero-order valence-electron chi connectivity index (χ0n) is 85.6. The van der Waals surface area contributed by atoms with Crippen LogP contribution in [0.15, 0.2) is 146 Å². The molecule has 7 aliphatic heterocycles. The smallest absolute Gasteiger partial charge is 0.283 e. The fourth-order valence-electron chi connectivity index (χ4n) is 23.6. The van der Waals surface area contributed by atoms with E-state index in [-0.39, 0.29) is 95.3 Å². The number of hydrogen-bond acceptors (Lipinski definition) is 13. The number of nitrogens with one attached hydrogen (secondary N) is 4. The molecule has 0 radical (unpaired) electrons. The van der Waals surface area contributed by atoms with Crippen molar-refractivity contribution in [2.24, 2.45) is 11.8 Å². The molecule has 0 spiro atoms. The van der Waals surface area contributed by atoms with Crippen LogP contribution in [0.4, 0.5) is 57.1 Å². The lowest BCUT2D eigenvalue weighted by Gasteiger charge is -2.43. The summed E-state index contributed by atoms with van der Waals surface area (Å²) in [6.45, 7) is 23.6. The Kier molecular flexibility index (Phi) is 33.5. The van der Waals surface area contributed by atoms with Crippen LogP contribution in [0.5, 0.6) is 17.2 Å². The molecule has 17 nitrogen and oxygen atoms in total. The molecule has 1 aliphatic carbocycles. The Bertz CT molecular complexity index is 6250. The lowest BCUT2D eigenvalue weighted by atomic mass is 9.70. The molecule has 4 aromatic heterocycles. The number of likely N-dealkylation sites (tertiary alicyclic amines) is 3. The number of Topliss-reactive ketones (excluding diaryl/α,β-unsaturated/α-hetero) is 1. The molecule has 8 aliphatic rings. The van der Waals surface area contributed by atoms with E-state index < -0.39 is 126 Å². The van der Waals surface area contributed by atoms with Gasteiger partial charge in [0.2, 0.25) is 0 Å². The van der Waals surface area contributed by atoms with Crippen molar-refractivity contribution in [2.45, 2.75) is 263 Å². The summed E-state index contributed by atoms with van der Waals surface area (Å²) < 4.78 is 217. The number of fused-ring (bicyclic) bond motifs is 12. The number of H-pyrrole nitrogens is 4. The molecule has 20 rings (SSSR count). The maximum absolute atomic E-state index is 15.8. The summed E-state index contributed by atoms with van der Waals surface area (Å²) in [7, 11) is 0. The molecule has 9 atom stereocenters. The highest BCUT2D eigenvalue weighted by Crippen LogP contribution is 2.51. The third kappa shape index (κ3) is 23.5. The van der Waals surface area contributed by atoms with Crippen LogP contribution in [0.2, 0.25) is 0 Å². The van der Waals surface area contributed by atoms with E-state index in [1.54, 1.807) is 16.7 Å². The molecule has 1 saturated carbocycles. The van der Waals surface area contributed by atoms with Crippen LogP contribution in [0.25, 0.3) is 43.6 Å². The molecular formula is C116H140F13N11O6. The highest BCUT2D eigenvalue weighted by molar-refractivity contribution is 5.89. The zero-order chi connectivity index (χ0) is 104. The molecule has 0 bridgehead atoms. The van der Waals surface area contributed by atoms with Gasteiger partial charge in [-0.25, -0.2) is 57.1 Å². The van der Waals surface area contributed by atoms with Crippen molar-refractivity contribution in [3.63, 3.8) is 0 Å². The Balaban J connectivity index is 0.000000133. The number of aliphatic hydroxyl groups excluding tert-OH is 2. The van der Waals surface area contributed by atoms with E-state index >= 15 is 39.5 Å². The Labute approximate surface area is 847 Å². The van der Waals surface area contributed by atoms with Gasteiger partial charge in [0.15, 0.2) is 0 Å². The summed E-state index contributed by atoms with van der Waals surface area (Å²) in [6, 6.07) is 36.0. The molecule has 8 aromatic carbocycles. The number of ether oxygens (including phenoxy) is 3. The molecule has 0 amide bonds. The average molecular weight is 2030 g/mol. The highest BCUT2D eigenvalue weighted by Gasteiger charge is 2.49. The van der Waals surface area contributed by atoms with Gasteiger partial charge in [0, 0.05) is 202 Å². The minimum absolute atomic E-state index is 0.0419. The molecule has 146 heavy (non-hydrogen) atoms. The van der Waals surface area contributed by atoms with E-state index in [4.69, 9.17) is 14.2 Å². The number of hydrogen-bond donors (Lipinski definition) is 6. The zero-order valence-corrected chi connectivity index (χ0v) is 85.6. The van der Waals surface area contributed by atoms with E-state index in [9.17, 15) is 32.6 Å². The number of aromatic amines is 4. The van der Waals surface area contributed by atoms with Gasteiger partial charge in [-0.15, -0.1) is 0 Å². The van der Waals surface area contributed by atoms with Crippen LogP contribution >= 0.6 is 0 Å². The van der Waals surface area contributed by atoms with E-state index in [1.165, 1.54) is 88.3 Å². The number of unbranched alkanes of at least 4 members (excludes halogenated alkanes) is 4. The molecule has 11 heterocycles. The first-order chi connectivity index (χ1) is 69.9. The Morgan fingerprint density at radius 2 is 0.719 bits per heavy atom. The number of aromatic nitrogens is 4. The van der Waals surface area contributed by atoms with Crippen LogP contribution < -0.4 is 14.2 Å². The van der Waals surface area contributed by atoms with Crippen LogP contribution in [-0.4, -0.2) is 235 Å². The Hall–Kier alpha value is -10.3. The highest BCUT2D eigenvalue weighted by atomic mass is 19.3. The minimum Gasteiger partial charge on any atom is -0.488 e. The summed E-state index contributed by atoms with van der Waals surface area (Å²) in [5.74, 6) is -7.56. The number of benzene rings is 8. The normalized spacial score (nSPS) is 22.3. The van der Waals surface area contributed by atoms with Crippen molar-refractivity contribution < 1.29 is 86.3 Å². The van der Waals surface area contributed by atoms with Gasteiger partial charge in [-0.1, -0.05) is 139 Å². The van der Waals surface area contributed by atoms with Crippen LogP contribution in [0.3, 0.4) is 0 Å². The first kappa shape index (κ1) is 107. The second-order valence-electron chi connectivity index (χ2n) is 43.2. The SMILES string of the molecule is CCCCC1CC(Cc2cc(F)c([C@@H]3c4[nH]c5ccccc5c4C[C@@H](CF)N3CC(C)(C)F)c(F)c2)C1.CCCCN1CC(Oc2cc(F)c([C@@H]3c4[nH]c5ccccc5c4C[C@@H](C)N3CC(C)(F)CO)c(F)c2)C1.CCCCN1CC(Oc2cc(F)c([C@@H]3c4[nH]c5ccccc5c4C[C@@H](C)N3CC(C)=O)c(F)c2)C1.CCCCN1CC(Oc2cc(F)c([C@@H]3c4[nH]c5ccccc5c4C[C@@H](C)N3CC(F)(F)CO)c(F)c2)C1. The number of nitrogens with zero attached hydrogens (tertiary/aromatic N) is 7. The van der Waals surface area contributed by atoms with Gasteiger partial charge in [-0.05, 0) is 208 Å². The van der Waals surface area contributed by atoms with Crippen molar-refractivity contribution >= 4 is 49.4 Å². The number of rotatable bonds is 35. The summed E-state index contributed by atoms with van der Waals surface area (Å²) in [6.07, 6.45) is 15.0. The van der Waals surface area contributed by atoms with Crippen molar-refractivity contribution in [1.82, 2.24) is 54.2 Å². The third-order valence-corrected chi connectivity index (χ3v) is 30.9. The van der Waals surface area contributed by atoms with Gasteiger partial charge in [0.1, 0.15) is 113 Å². The number of alkyl halides is 5. The summed E-state index contributed by atoms with van der Waals surface area (Å²) >= 11 is 0. The largest absolute Gasteiger partial charge is 0.488 e. The second kappa shape index (κ2) is 45.6. The lowest BCUT2D eigenvalue weighted by Crippen LogP contribution is -2.53. The number of ketones is 1. The van der Waals surface area contributed by atoms with E-state index in [0.29, 0.717) is 73.8 Å². The molecule has 4 fully saturated rings. The van der Waals surface area contributed by atoms with Crippen molar-refractivity contribution in [1.29, 1.82) is 0 Å². The van der Waals surface area contributed by atoms with Crippen molar-refractivity contribution in [2.75, 3.05) is 105 Å².